The van der Waals surface area contributed by atoms with Crippen LogP contribution >= 0.6 is 11.6 Å². The van der Waals surface area contributed by atoms with Gasteiger partial charge in [0.2, 0.25) is 0 Å². The summed E-state index contributed by atoms with van der Waals surface area (Å²) in [7, 11) is 0. The molecule has 0 saturated carbocycles. The first-order valence-electron chi connectivity index (χ1n) is 7.46. The molecule has 2 fully saturated rings. The highest BCUT2D eigenvalue weighted by Gasteiger charge is 2.34. The van der Waals surface area contributed by atoms with Crippen molar-refractivity contribution in [3.05, 3.63) is 22.8 Å². The number of piperazine rings is 1. The third kappa shape index (κ3) is 2.85. The van der Waals surface area contributed by atoms with Gasteiger partial charge in [-0.15, -0.1) is 0 Å². The normalized spacial score (nSPS) is 26.5. The Bertz CT molecular complexity index is 552. The van der Waals surface area contributed by atoms with Crippen molar-refractivity contribution in [2.24, 2.45) is 0 Å². The lowest BCUT2D eigenvalue weighted by molar-refractivity contribution is 0.0696. The zero-order valence-electron chi connectivity index (χ0n) is 12.1. The molecular weight excluding hydrogens is 290 g/mol. The highest BCUT2D eigenvalue weighted by molar-refractivity contribution is 6.33. The number of pyridine rings is 1. The summed E-state index contributed by atoms with van der Waals surface area (Å²) < 4.78 is 0. The van der Waals surface area contributed by atoms with Crippen LogP contribution in [-0.4, -0.2) is 52.7 Å². The predicted octanol–water partition coefficient (Wildman–Crippen LogP) is 2.50. The molecule has 2 aliphatic rings. The Labute approximate surface area is 129 Å². The largest absolute Gasteiger partial charge is 0.478 e. The molecule has 0 radical (unpaired) electrons. The second kappa shape index (κ2) is 5.81. The topological polar surface area (TPSA) is 56.7 Å². The molecule has 1 aromatic rings. The maximum absolute atomic E-state index is 11.0. The minimum atomic E-state index is -0.999. The summed E-state index contributed by atoms with van der Waals surface area (Å²) >= 11 is 6.27. The van der Waals surface area contributed by atoms with E-state index in [0.717, 1.165) is 13.1 Å². The Balaban J connectivity index is 1.84. The Morgan fingerprint density at radius 2 is 2.24 bits per heavy atom. The van der Waals surface area contributed by atoms with E-state index >= 15 is 0 Å². The van der Waals surface area contributed by atoms with Gasteiger partial charge in [-0.1, -0.05) is 18.0 Å². The Morgan fingerprint density at radius 1 is 1.43 bits per heavy atom. The van der Waals surface area contributed by atoms with E-state index in [1.54, 1.807) is 0 Å². The van der Waals surface area contributed by atoms with E-state index in [9.17, 15) is 4.79 Å². The molecule has 1 aromatic heterocycles. The number of aromatic nitrogens is 1. The van der Waals surface area contributed by atoms with Crippen molar-refractivity contribution in [1.29, 1.82) is 0 Å². The fourth-order valence-corrected chi connectivity index (χ4v) is 3.68. The number of halogens is 1. The van der Waals surface area contributed by atoms with E-state index in [4.69, 9.17) is 16.7 Å². The molecule has 114 valence electrons. The summed E-state index contributed by atoms with van der Waals surface area (Å²) in [5.41, 5.74) is 0.132. The number of aromatic carboxylic acids is 1. The molecular formula is C15H20ClN3O2. The van der Waals surface area contributed by atoms with Gasteiger partial charge in [0.15, 0.2) is 0 Å². The molecule has 0 spiro atoms. The van der Waals surface area contributed by atoms with Gasteiger partial charge in [-0.3, -0.25) is 4.90 Å². The molecule has 2 unspecified atom stereocenters. The van der Waals surface area contributed by atoms with Gasteiger partial charge in [0, 0.05) is 31.4 Å². The third-order valence-corrected chi connectivity index (χ3v) is 4.81. The molecule has 0 aromatic carbocycles. The number of carboxylic acid groups (broad SMARTS) is 1. The first kappa shape index (κ1) is 14.6. The number of hydrogen-bond donors (Lipinski definition) is 1. The second-order valence-electron chi connectivity index (χ2n) is 5.98. The first-order valence-corrected chi connectivity index (χ1v) is 7.83. The van der Waals surface area contributed by atoms with Crippen LogP contribution in [0.1, 0.15) is 36.5 Å². The van der Waals surface area contributed by atoms with Gasteiger partial charge in [0.05, 0.1) is 10.6 Å². The van der Waals surface area contributed by atoms with Crippen molar-refractivity contribution >= 4 is 23.4 Å². The summed E-state index contributed by atoms with van der Waals surface area (Å²) in [6, 6.07) is 2.39. The van der Waals surface area contributed by atoms with Crippen molar-refractivity contribution in [1.82, 2.24) is 9.88 Å². The lowest BCUT2D eigenvalue weighted by Gasteiger charge is -2.48. The van der Waals surface area contributed by atoms with Gasteiger partial charge < -0.3 is 10.0 Å². The molecule has 0 bridgehead atoms. The molecule has 0 aliphatic carbocycles. The van der Waals surface area contributed by atoms with Gasteiger partial charge in [0.1, 0.15) is 5.82 Å². The van der Waals surface area contributed by atoms with Crippen LogP contribution in [0.15, 0.2) is 12.3 Å². The fraction of sp³-hybridized carbons (Fsp3) is 0.600. The monoisotopic (exact) mass is 309 g/mol. The SMILES string of the molecule is CC1CN2CCCCC2CN1c1ncc(C(=O)O)cc1Cl. The quantitative estimate of drug-likeness (QED) is 0.909. The number of rotatable bonds is 2. The summed E-state index contributed by atoms with van der Waals surface area (Å²) in [4.78, 5) is 20.1. The number of fused-ring (bicyclic) bond motifs is 1. The zero-order valence-corrected chi connectivity index (χ0v) is 12.9. The van der Waals surface area contributed by atoms with Crippen LogP contribution < -0.4 is 4.90 Å². The lowest BCUT2D eigenvalue weighted by Crippen LogP contribution is -2.59. The average molecular weight is 310 g/mol. The molecule has 21 heavy (non-hydrogen) atoms. The maximum Gasteiger partial charge on any atom is 0.337 e. The van der Waals surface area contributed by atoms with Gasteiger partial charge in [-0.25, -0.2) is 9.78 Å². The second-order valence-corrected chi connectivity index (χ2v) is 6.39. The number of hydrogen-bond acceptors (Lipinski definition) is 4. The van der Waals surface area contributed by atoms with Crippen molar-refractivity contribution in [2.75, 3.05) is 24.5 Å². The summed E-state index contributed by atoms with van der Waals surface area (Å²) in [6.07, 6.45) is 5.18. The first-order chi connectivity index (χ1) is 10.1. The molecule has 2 saturated heterocycles. The van der Waals surface area contributed by atoms with Crippen molar-refractivity contribution < 1.29 is 9.90 Å². The van der Waals surface area contributed by atoms with Gasteiger partial charge in [-0.2, -0.15) is 0 Å². The molecule has 2 aliphatic heterocycles. The molecule has 3 rings (SSSR count). The van der Waals surface area contributed by atoms with Crippen LogP contribution in [0.25, 0.3) is 0 Å². The van der Waals surface area contributed by atoms with Crippen LogP contribution in [0.3, 0.4) is 0 Å². The van der Waals surface area contributed by atoms with E-state index in [-0.39, 0.29) is 5.56 Å². The van der Waals surface area contributed by atoms with Crippen LogP contribution in [0, 0.1) is 0 Å². The van der Waals surface area contributed by atoms with Crippen LogP contribution in [0.2, 0.25) is 5.02 Å². The van der Waals surface area contributed by atoms with E-state index in [1.807, 2.05) is 0 Å². The minimum Gasteiger partial charge on any atom is -0.478 e. The van der Waals surface area contributed by atoms with E-state index in [0.29, 0.717) is 22.9 Å². The van der Waals surface area contributed by atoms with Crippen LogP contribution in [0.5, 0.6) is 0 Å². The summed E-state index contributed by atoms with van der Waals surface area (Å²) in [5, 5.41) is 9.42. The maximum atomic E-state index is 11.0. The summed E-state index contributed by atoms with van der Waals surface area (Å²) in [5.74, 6) is -0.291. The number of carboxylic acids is 1. The number of carbonyl (C=O) groups is 1. The van der Waals surface area contributed by atoms with Gasteiger partial charge in [-0.05, 0) is 32.4 Å². The average Bonchev–Trinajstić information content (AvgIpc) is 2.46. The molecule has 5 nitrogen and oxygen atoms in total. The standard InChI is InChI=1S/C15H20ClN3O2/c1-10-8-18-5-3-2-4-12(18)9-19(10)14-13(16)6-11(7-17-14)15(20)21/h6-7,10,12H,2-5,8-9H2,1H3,(H,20,21). The Morgan fingerprint density at radius 3 is 2.95 bits per heavy atom. The Kier molecular flexibility index (Phi) is 4.04. The van der Waals surface area contributed by atoms with Crippen LogP contribution in [-0.2, 0) is 0 Å². The van der Waals surface area contributed by atoms with E-state index in [2.05, 4.69) is 21.7 Å². The molecule has 6 heteroatoms. The smallest absolute Gasteiger partial charge is 0.337 e. The van der Waals surface area contributed by atoms with E-state index < -0.39 is 5.97 Å². The van der Waals surface area contributed by atoms with E-state index in [1.165, 1.54) is 38.1 Å². The fourth-order valence-electron chi connectivity index (χ4n) is 3.41. The molecule has 3 heterocycles. The highest BCUT2D eigenvalue weighted by Crippen LogP contribution is 2.31. The van der Waals surface area contributed by atoms with Crippen molar-refractivity contribution in [3.8, 4) is 0 Å². The van der Waals surface area contributed by atoms with Gasteiger partial charge in [0.25, 0.3) is 0 Å². The van der Waals surface area contributed by atoms with Crippen molar-refractivity contribution in [2.45, 2.75) is 38.3 Å². The minimum absolute atomic E-state index is 0.132. The highest BCUT2D eigenvalue weighted by atomic mass is 35.5. The zero-order chi connectivity index (χ0) is 15.0. The van der Waals surface area contributed by atoms with Gasteiger partial charge >= 0.3 is 5.97 Å². The predicted molar refractivity (Wildman–Crippen MR) is 82.2 cm³/mol. The molecule has 0 amide bonds. The molecule has 1 N–H and O–H groups in total. The number of nitrogens with zero attached hydrogens (tertiary/aromatic N) is 3. The number of piperidine rings is 1. The Hall–Kier alpha value is -1.33. The van der Waals surface area contributed by atoms with Crippen molar-refractivity contribution in [3.63, 3.8) is 0 Å². The third-order valence-electron chi connectivity index (χ3n) is 4.53. The van der Waals surface area contributed by atoms with Crippen LogP contribution in [0.4, 0.5) is 5.82 Å². The summed E-state index contributed by atoms with van der Waals surface area (Å²) in [6.45, 7) is 5.29. The number of anilines is 1. The molecule has 2 atom stereocenters. The lowest BCUT2D eigenvalue weighted by atomic mass is 9.97.